The predicted molar refractivity (Wildman–Crippen MR) is 113 cm³/mol. The van der Waals surface area contributed by atoms with Gasteiger partial charge in [0, 0.05) is 29.9 Å². The Morgan fingerprint density at radius 2 is 1.90 bits per heavy atom. The van der Waals surface area contributed by atoms with Gasteiger partial charge in [-0.2, -0.15) is 0 Å². The first-order chi connectivity index (χ1) is 14.0. The molecule has 0 spiro atoms. The van der Waals surface area contributed by atoms with Crippen molar-refractivity contribution in [2.45, 2.75) is 6.42 Å². The Labute approximate surface area is 171 Å². The summed E-state index contributed by atoms with van der Waals surface area (Å²) in [5.41, 5.74) is 2.56. The van der Waals surface area contributed by atoms with Crippen molar-refractivity contribution in [3.63, 3.8) is 0 Å². The predicted octanol–water partition coefficient (Wildman–Crippen LogP) is 2.98. The zero-order valence-electron chi connectivity index (χ0n) is 15.3. The minimum absolute atomic E-state index is 0.0324. The first-order valence-electron chi connectivity index (χ1n) is 9.04. The summed E-state index contributed by atoms with van der Waals surface area (Å²) in [4.78, 5) is 33.7. The van der Waals surface area contributed by atoms with Gasteiger partial charge >= 0.3 is 0 Å². The van der Waals surface area contributed by atoms with Gasteiger partial charge in [0.15, 0.2) is 11.0 Å². The Kier molecular flexibility index (Phi) is 5.18. The van der Waals surface area contributed by atoms with Gasteiger partial charge in [0.25, 0.3) is 5.91 Å². The lowest BCUT2D eigenvalue weighted by molar-refractivity contribution is -0.130. The lowest BCUT2D eigenvalue weighted by Gasteiger charge is -2.30. The summed E-state index contributed by atoms with van der Waals surface area (Å²) < 4.78 is 13.2. The molecule has 0 aliphatic carbocycles. The lowest BCUT2D eigenvalue weighted by atomic mass is 10.1. The number of aromatic amines is 1. The summed E-state index contributed by atoms with van der Waals surface area (Å²) in [5.74, 6) is -2.55. The minimum atomic E-state index is -1.09. The van der Waals surface area contributed by atoms with Gasteiger partial charge in [-0.15, -0.1) is 0 Å². The fourth-order valence-electron chi connectivity index (χ4n) is 3.26. The van der Waals surface area contributed by atoms with Crippen LogP contribution in [0.15, 0.2) is 59.7 Å². The minimum Gasteiger partial charge on any atom is -0.361 e. The van der Waals surface area contributed by atoms with Crippen LogP contribution < -0.4 is 10.2 Å². The van der Waals surface area contributed by atoms with Crippen molar-refractivity contribution in [1.29, 1.82) is 0 Å². The third-order valence-corrected chi connectivity index (χ3v) is 5.01. The number of nitrogens with zero attached hydrogens (tertiary/aromatic N) is 2. The van der Waals surface area contributed by atoms with Gasteiger partial charge in [0.05, 0.1) is 5.69 Å². The molecule has 2 N–H and O–H groups in total. The summed E-state index contributed by atoms with van der Waals surface area (Å²) >= 11 is 5.11. The molecule has 1 unspecified atom stereocenters. The monoisotopic (exact) mass is 408 g/mol. The van der Waals surface area contributed by atoms with Gasteiger partial charge in [0.1, 0.15) is 5.82 Å². The Balaban J connectivity index is 1.46. The van der Waals surface area contributed by atoms with Crippen molar-refractivity contribution in [1.82, 2.24) is 10.3 Å². The zero-order valence-corrected chi connectivity index (χ0v) is 16.1. The molecular formula is C21H17FN4O2S. The number of para-hydroxylation sites is 1. The number of halogens is 1. The highest BCUT2D eigenvalue weighted by atomic mass is 32.1. The summed E-state index contributed by atoms with van der Waals surface area (Å²) in [6.45, 7) is 0.430. The molecule has 4 rings (SSSR count). The highest BCUT2D eigenvalue weighted by Crippen LogP contribution is 2.21. The van der Waals surface area contributed by atoms with Crippen LogP contribution in [0.1, 0.15) is 5.56 Å². The first kappa shape index (κ1) is 18.9. The van der Waals surface area contributed by atoms with Crippen molar-refractivity contribution in [2.75, 3.05) is 11.4 Å². The molecule has 146 valence electrons. The third-order valence-electron chi connectivity index (χ3n) is 4.73. The number of amides is 2. The number of thiocarbonyl (C=S) groups is 1. The maximum atomic E-state index is 13.2. The highest BCUT2D eigenvalue weighted by Gasteiger charge is 2.38. The Bertz CT molecular complexity index is 1120. The molecule has 1 aliphatic heterocycles. The van der Waals surface area contributed by atoms with Crippen molar-refractivity contribution in [2.24, 2.45) is 10.9 Å². The van der Waals surface area contributed by atoms with E-state index in [-0.39, 0.29) is 5.11 Å². The van der Waals surface area contributed by atoms with Crippen LogP contribution in [0.3, 0.4) is 0 Å². The molecule has 1 aliphatic rings. The molecule has 0 radical (unpaired) electrons. The average Bonchev–Trinajstić information content (AvgIpc) is 3.12. The maximum absolute atomic E-state index is 13.2. The molecule has 2 heterocycles. The van der Waals surface area contributed by atoms with Gasteiger partial charge in [-0.3, -0.25) is 19.5 Å². The molecule has 1 saturated heterocycles. The second kappa shape index (κ2) is 7.92. The Morgan fingerprint density at radius 3 is 2.69 bits per heavy atom. The van der Waals surface area contributed by atoms with Crippen LogP contribution in [0.4, 0.5) is 10.1 Å². The fraction of sp³-hybridized carbons (Fsp3) is 0.143. The number of carbonyl (C=O) groups is 2. The fourth-order valence-corrected chi connectivity index (χ4v) is 3.56. The van der Waals surface area contributed by atoms with Crippen molar-refractivity contribution in [3.8, 4) is 0 Å². The van der Waals surface area contributed by atoms with Crippen LogP contribution >= 0.6 is 12.2 Å². The second-order valence-corrected chi connectivity index (χ2v) is 6.97. The number of carbonyl (C=O) groups excluding carboxylic acids is 2. The molecule has 6 nitrogen and oxygen atoms in total. The summed E-state index contributed by atoms with van der Waals surface area (Å²) in [6, 6.07) is 13.3. The van der Waals surface area contributed by atoms with Gasteiger partial charge in [-0.05, 0) is 54.5 Å². The molecule has 1 aromatic heterocycles. The molecule has 0 bridgehead atoms. The number of hydrogen-bond donors (Lipinski definition) is 2. The molecule has 1 atom stereocenters. The normalized spacial score (nSPS) is 17.3. The van der Waals surface area contributed by atoms with Crippen molar-refractivity contribution < 1.29 is 14.0 Å². The SMILES string of the molecule is O=C1NC(=S)N(c2ccc(F)cc2)C(=O)C1C=NCCc1c[nH]c2ccccc12. The lowest BCUT2D eigenvalue weighted by Crippen LogP contribution is -2.58. The quantitative estimate of drug-likeness (QED) is 0.387. The van der Waals surface area contributed by atoms with Crippen molar-refractivity contribution in [3.05, 3.63) is 66.1 Å². The van der Waals surface area contributed by atoms with Crippen LogP contribution in [0.5, 0.6) is 0 Å². The van der Waals surface area contributed by atoms with Gasteiger partial charge in [-0.25, -0.2) is 4.39 Å². The molecule has 0 saturated carbocycles. The number of rotatable bonds is 5. The number of aromatic nitrogens is 1. The van der Waals surface area contributed by atoms with E-state index in [1.165, 1.54) is 35.4 Å². The number of fused-ring (bicyclic) bond motifs is 1. The smallest absolute Gasteiger partial charge is 0.251 e. The van der Waals surface area contributed by atoms with E-state index < -0.39 is 23.5 Å². The van der Waals surface area contributed by atoms with Crippen LogP contribution in [-0.2, 0) is 16.0 Å². The van der Waals surface area contributed by atoms with E-state index in [4.69, 9.17) is 12.2 Å². The molecule has 1 fully saturated rings. The van der Waals surface area contributed by atoms with Crippen LogP contribution in [0.25, 0.3) is 10.9 Å². The number of nitrogens with one attached hydrogen (secondary N) is 2. The number of aliphatic imine (C=N–C) groups is 1. The summed E-state index contributed by atoms with van der Waals surface area (Å²) in [5, 5.41) is 3.60. The van der Waals surface area contributed by atoms with Gasteiger partial charge in [-0.1, -0.05) is 18.2 Å². The largest absolute Gasteiger partial charge is 0.361 e. The average molecular weight is 408 g/mol. The van der Waals surface area contributed by atoms with E-state index >= 15 is 0 Å². The van der Waals surface area contributed by atoms with Crippen LogP contribution in [0, 0.1) is 11.7 Å². The topological polar surface area (TPSA) is 77.6 Å². The second-order valence-electron chi connectivity index (χ2n) is 6.59. The van der Waals surface area contributed by atoms with E-state index in [1.54, 1.807) is 0 Å². The highest BCUT2D eigenvalue weighted by molar-refractivity contribution is 7.80. The van der Waals surface area contributed by atoms with Crippen LogP contribution in [-0.4, -0.2) is 34.7 Å². The third kappa shape index (κ3) is 3.79. The Morgan fingerprint density at radius 1 is 1.14 bits per heavy atom. The van der Waals surface area contributed by atoms with E-state index in [1.807, 2.05) is 30.5 Å². The molecule has 29 heavy (non-hydrogen) atoms. The number of benzene rings is 2. The standard InChI is InChI=1S/C21H17FN4O2S/c22-14-5-7-15(8-6-14)26-20(28)17(19(27)25-21(26)29)12-23-10-9-13-11-24-18-4-2-1-3-16(13)18/h1-8,11-12,17,24H,9-10H2,(H,25,27,29). The molecule has 3 aromatic rings. The number of hydrogen-bond acceptors (Lipinski definition) is 4. The molecule has 2 amide bonds. The summed E-state index contributed by atoms with van der Waals surface area (Å²) in [6.07, 6.45) is 3.96. The maximum Gasteiger partial charge on any atom is 0.251 e. The number of H-pyrrole nitrogens is 1. The first-order valence-corrected chi connectivity index (χ1v) is 9.45. The molecule has 8 heteroatoms. The van der Waals surface area contributed by atoms with Crippen LogP contribution in [0.2, 0.25) is 0 Å². The zero-order chi connectivity index (χ0) is 20.4. The molecular weight excluding hydrogens is 391 g/mol. The van der Waals surface area contributed by atoms with Gasteiger partial charge in [0.2, 0.25) is 5.91 Å². The van der Waals surface area contributed by atoms with E-state index in [0.29, 0.717) is 18.7 Å². The Hall–Kier alpha value is -3.39. The molecule has 2 aromatic carbocycles. The van der Waals surface area contributed by atoms with E-state index in [9.17, 15) is 14.0 Å². The van der Waals surface area contributed by atoms with Gasteiger partial charge < -0.3 is 10.3 Å². The van der Waals surface area contributed by atoms with E-state index in [2.05, 4.69) is 15.3 Å². The number of anilines is 1. The van der Waals surface area contributed by atoms with Crippen molar-refractivity contribution >= 4 is 51.9 Å². The summed E-state index contributed by atoms with van der Waals surface area (Å²) in [7, 11) is 0. The van der Waals surface area contributed by atoms with E-state index in [0.717, 1.165) is 16.5 Å².